The molecule has 3 atom stereocenters. The third kappa shape index (κ3) is 2.04. The maximum Gasteiger partial charge on any atom is 0.293 e. The standard InChI is InChI=1S/C17H19N3O4/c1-17(2)14(10-6-7-24-15(10)17)19-16(21)11-8-9-4-3-5-12(20(22)23)13(9)18-11/h3-5,8,10,14-15,18H,6-7H2,1-2H3,(H,19,21). The molecule has 24 heavy (non-hydrogen) atoms. The van der Waals surface area contributed by atoms with Crippen LogP contribution in [0.2, 0.25) is 0 Å². The minimum absolute atomic E-state index is 0.0280. The van der Waals surface area contributed by atoms with E-state index in [1.54, 1.807) is 18.2 Å². The SMILES string of the molecule is CC1(C)C(NC(=O)c2cc3cccc([N+](=O)[O-])c3[nH]2)C2CCOC21. The van der Waals surface area contributed by atoms with Crippen LogP contribution in [0.1, 0.15) is 30.8 Å². The molecule has 126 valence electrons. The number of H-pyrrole nitrogens is 1. The van der Waals surface area contributed by atoms with Gasteiger partial charge in [0.1, 0.15) is 11.2 Å². The number of hydrogen-bond donors (Lipinski definition) is 2. The molecule has 1 aromatic carbocycles. The molecule has 0 spiro atoms. The minimum Gasteiger partial charge on any atom is -0.377 e. The Bertz CT molecular complexity index is 841. The average Bonchev–Trinajstić information content (AvgIpc) is 3.17. The fourth-order valence-electron chi connectivity index (χ4n) is 4.25. The van der Waals surface area contributed by atoms with Crippen LogP contribution in [0.25, 0.3) is 10.9 Å². The third-order valence-corrected chi connectivity index (χ3v) is 5.46. The normalized spacial score (nSPS) is 27.5. The first kappa shape index (κ1) is 15.1. The molecule has 1 amide bonds. The maximum atomic E-state index is 12.6. The van der Waals surface area contributed by atoms with E-state index in [-0.39, 0.29) is 29.2 Å². The number of carbonyl (C=O) groups excluding carboxylic acids is 1. The first-order chi connectivity index (χ1) is 11.4. The summed E-state index contributed by atoms with van der Waals surface area (Å²) in [6.07, 6.45) is 1.16. The second-order valence-electron chi connectivity index (χ2n) is 7.20. The summed E-state index contributed by atoms with van der Waals surface area (Å²) in [5.41, 5.74) is 0.592. The van der Waals surface area contributed by atoms with E-state index >= 15 is 0 Å². The highest BCUT2D eigenvalue weighted by Crippen LogP contribution is 2.52. The van der Waals surface area contributed by atoms with E-state index in [4.69, 9.17) is 4.74 Å². The number of ether oxygens (including phenoxy) is 1. The van der Waals surface area contributed by atoms with Gasteiger partial charge in [-0.1, -0.05) is 26.0 Å². The predicted octanol–water partition coefficient (Wildman–Crippen LogP) is 2.62. The van der Waals surface area contributed by atoms with Crippen LogP contribution in [0.4, 0.5) is 5.69 Å². The Morgan fingerprint density at radius 1 is 1.46 bits per heavy atom. The second kappa shape index (κ2) is 5.04. The molecule has 2 N–H and O–H groups in total. The summed E-state index contributed by atoms with van der Waals surface area (Å²) in [7, 11) is 0. The zero-order valence-corrected chi connectivity index (χ0v) is 13.5. The number of para-hydroxylation sites is 1. The lowest BCUT2D eigenvalue weighted by atomic mass is 9.57. The van der Waals surface area contributed by atoms with Crippen molar-refractivity contribution in [2.75, 3.05) is 6.61 Å². The summed E-state index contributed by atoms with van der Waals surface area (Å²) in [6, 6.07) is 6.51. The van der Waals surface area contributed by atoms with Crippen molar-refractivity contribution in [1.82, 2.24) is 10.3 Å². The van der Waals surface area contributed by atoms with Crippen molar-refractivity contribution in [2.24, 2.45) is 11.3 Å². The number of non-ortho nitro benzene ring substituents is 1. The van der Waals surface area contributed by atoms with Gasteiger partial charge < -0.3 is 15.0 Å². The number of aromatic amines is 1. The van der Waals surface area contributed by atoms with Gasteiger partial charge >= 0.3 is 0 Å². The molecule has 1 saturated heterocycles. The van der Waals surface area contributed by atoms with Crippen LogP contribution >= 0.6 is 0 Å². The zero-order chi connectivity index (χ0) is 17.1. The molecule has 1 saturated carbocycles. The van der Waals surface area contributed by atoms with Crippen molar-refractivity contribution >= 4 is 22.5 Å². The summed E-state index contributed by atoms with van der Waals surface area (Å²) in [5, 5.41) is 14.8. The number of rotatable bonds is 3. The van der Waals surface area contributed by atoms with E-state index in [2.05, 4.69) is 24.1 Å². The number of carbonyl (C=O) groups is 1. The average molecular weight is 329 g/mol. The highest BCUT2D eigenvalue weighted by molar-refractivity contribution is 6.00. The molecule has 3 unspecified atom stereocenters. The molecule has 2 heterocycles. The zero-order valence-electron chi connectivity index (χ0n) is 13.5. The van der Waals surface area contributed by atoms with E-state index < -0.39 is 4.92 Å². The lowest BCUT2D eigenvalue weighted by Crippen LogP contribution is -2.66. The quantitative estimate of drug-likeness (QED) is 0.668. The summed E-state index contributed by atoms with van der Waals surface area (Å²) < 4.78 is 5.74. The van der Waals surface area contributed by atoms with Crippen LogP contribution in [-0.4, -0.2) is 34.6 Å². The smallest absolute Gasteiger partial charge is 0.293 e. The van der Waals surface area contributed by atoms with Gasteiger partial charge in [-0.3, -0.25) is 14.9 Å². The summed E-state index contributed by atoms with van der Waals surface area (Å²) in [4.78, 5) is 26.2. The maximum absolute atomic E-state index is 12.6. The summed E-state index contributed by atoms with van der Waals surface area (Å²) >= 11 is 0. The van der Waals surface area contributed by atoms with Crippen LogP contribution in [-0.2, 0) is 4.74 Å². The molecular weight excluding hydrogens is 310 g/mol. The molecule has 2 aromatic rings. The lowest BCUT2D eigenvalue weighted by molar-refractivity contribution is -0.383. The Balaban J connectivity index is 1.60. The molecule has 7 nitrogen and oxygen atoms in total. The minimum atomic E-state index is -0.448. The van der Waals surface area contributed by atoms with Crippen molar-refractivity contribution in [3.63, 3.8) is 0 Å². The summed E-state index contributed by atoms with van der Waals surface area (Å²) in [6.45, 7) is 4.94. The van der Waals surface area contributed by atoms with Gasteiger partial charge in [-0.25, -0.2) is 0 Å². The van der Waals surface area contributed by atoms with Crippen LogP contribution < -0.4 is 5.32 Å². The van der Waals surface area contributed by atoms with E-state index in [0.29, 0.717) is 22.5 Å². The largest absolute Gasteiger partial charge is 0.377 e. The number of benzene rings is 1. The van der Waals surface area contributed by atoms with Crippen molar-refractivity contribution < 1.29 is 14.5 Å². The highest BCUT2D eigenvalue weighted by Gasteiger charge is 2.59. The molecule has 1 aliphatic carbocycles. The molecule has 2 aliphatic rings. The first-order valence-corrected chi connectivity index (χ1v) is 8.08. The fourth-order valence-corrected chi connectivity index (χ4v) is 4.25. The van der Waals surface area contributed by atoms with E-state index in [1.165, 1.54) is 6.07 Å². The number of nitrogens with zero attached hydrogens (tertiary/aromatic N) is 1. The van der Waals surface area contributed by atoms with Crippen molar-refractivity contribution in [1.29, 1.82) is 0 Å². The lowest BCUT2D eigenvalue weighted by Gasteiger charge is -2.54. The molecule has 1 aliphatic heterocycles. The molecular formula is C17H19N3O4. The number of nitro groups is 1. The second-order valence-corrected chi connectivity index (χ2v) is 7.20. The van der Waals surface area contributed by atoms with Gasteiger partial charge in [0.25, 0.3) is 11.6 Å². The van der Waals surface area contributed by atoms with Gasteiger partial charge in [0.15, 0.2) is 0 Å². The number of nitrogens with one attached hydrogen (secondary N) is 2. The third-order valence-electron chi connectivity index (χ3n) is 5.46. The van der Waals surface area contributed by atoms with Gasteiger partial charge in [-0.05, 0) is 12.5 Å². The Morgan fingerprint density at radius 3 is 3.00 bits per heavy atom. The fraction of sp³-hybridized carbons (Fsp3) is 0.471. The predicted molar refractivity (Wildman–Crippen MR) is 87.8 cm³/mol. The first-order valence-electron chi connectivity index (χ1n) is 8.08. The van der Waals surface area contributed by atoms with Gasteiger partial charge in [0.05, 0.1) is 11.0 Å². The topological polar surface area (TPSA) is 97.3 Å². The Labute approximate surface area is 138 Å². The molecule has 2 fully saturated rings. The Hall–Kier alpha value is -2.41. The molecule has 1 aromatic heterocycles. The Kier molecular flexibility index (Phi) is 3.18. The number of fused-ring (bicyclic) bond motifs is 2. The van der Waals surface area contributed by atoms with Gasteiger partial charge in [0.2, 0.25) is 0 Å². The van der Waals surface area contributed by atoms with Crippen molar-refractivity contribution in [3.05, 3.63) is 40.1 Å². The van der Waals surface area contributed by atoms with E-state index in [1.807, 2.05) is 0 Å². The van der Waals surface area contributed by atoms with Gasteiger partial charge in [0, 0.05) is 35.4 Å². The van der Waals surface area contributed by atoms with Crippen LogP contribution in [0.5, 0.6) is 0 Å². The number of nitro benzene ring substituents is 1. The van der Waals surface area contributed by atoms with Crippen LogP contribution in [0, 0.1) is 21.4 Å². The van der Waals surface area contributed by atoms with Gasteiger partial charge in [-0.2, -0.15) is 0 Å². The van der Waals surface area contributed by atoms with Crippen LogP contribution in [0.15, 0.2) is 24.3 Å². The van der Waals surface area contributed by atoms with Crippen molar-refractivity contribution in [3.8, 4) is 0 Å². The molecule has 0 bridgehead atoms. The Morgan fingerprint density at radius 2 is 2.25 bits per heavy atom. The number of aromatic nitrogens is 1. The molecule has 4 rings (SSSR count). The van der Waals surface area contributed by atoms with E-state index in [0.717, 1.165) is 13.0 Å². The van der Waals surface area contributed by atoms with Gasteiger partial charge in [-0.15, -0.1) is 0 Å². The number of amides is 1. The molecule has 0 radical (unpaired) electrons. The van der Waals surface area contributed by atoms with Crippen molar-refractivity contribution in [2.45, 2.75) is 32.4 Å². The van der Waals surface area contributed by atoms with E-state index in [9.17, 15) is 14.9 Å². The number of hydrogen-bond acceptors (Lipinski definition) is 4. The summed E-state index contributed by atoms with van der Waals surface area (Å²) in [5.74, 6) is 0.117. The van der Waals surface area contributed by atoms with Crippen LogP contribution in [0.3, 0.4) is 0 Å². The molecule has 7 heteroatoms. The highest BCUT2D eigenvalue weighted by atomic mass is 16.6. The monoisotopic (exact) mass is 329 g/mol.